The van der Waals surface area contributed by atoms with Crippen LogP contribution < -0.4 is 10.6 Å². The molecule has 3 heterocycles. The van der Waals surface area contributed by atoms with Gasteiger partial charge in [-0.2, -0.15) is 4.31 Å². The van der Waals surface area contributed by atoms with E-state index < -0.39 is 39.7 Å². The second-order valence-corrected chi connectivity index (χ2v) is 11.6. The lowest BCUT2D eigenvalue weighted by Crippen LogP contribution is -2.52. The Hall–Kier alpha value is -3.70. The molecule has 1 fully saturated rings. The lowest BCUT2D eigenvalue weighted by molar-refractivity contribution is -0.129. The maximum absolute atomic E-state index is 13.3. The van der Waals surface area contributed by atoms with Gasteiger partial charge in [-0.05, 0) is 48.8 Å². The molecule has 0 saturated carbocycles. The lowest BCUT2D eigenvalue weighted by atomic mass is 10.0. The van der Waals surface area contributed by atoms with Crippen LogP contribution in [0.15, 0.2) is 66.0 Å². The molecule has 3 aromatic rings. The predicted molar refractivity (Wildman–Crippen MR) is 142 cm³/mol. The summed E-state index contributed by atoms with van der Waals surface area (Å²) in [6.45, 7) is 3.63. The topological polar surface area (TPSA) is 138 Å². The van der Waals surface area contributed by atoms with Crippen molar-refractivity contribution in [2.45, 2.75) is 50.2 Å². The molecule has 0 radical (unpaired) electrons. The van der Waals surface area contributed by atoms with Crippen molar-refractivity contribution in [2.24, 2.45) is 5.92 Å². The number of rotatable bonds is 8. The van der Waals surface area contributed by atoms with Crippen LogP contribution in [0.25, 0.3) is 10.8 Å². The van der Waals surface area contributed by atoms with E-state index in [0.29, 0.717) is 18.2 Å². The van der Waals surface area contributed by atoms with Crippen molar-refractivity contribution in [3.63, 3.8) is 0 Å². The molecule has 1 aromatic carbocycles. The van der Waals surface area contributed by atoms with Crippen LogP contribution in [-0.2, 0) is 19.6 Å². The van der Waals surface area contributed by atoms with Crippen LogP contribution >= 0.6 is 0 Å². The number of ketones is 1. The minimum absolute atomic E-state index is 0.0790. The van der Waals surface area contributed by atoms with E-state index in [0.717, 1.165) is 9.69 Å². The molecule has 1 saturated heterocycles. The maximum atomic E-state index is 13.3. The van der Waals surface area contributed by atoms with Crippen molar-refractivity contribution in [1.29, 1.82) is 0 Å². The molecule has 1 aliphatic heterocycles. The van der Waals surface area contributed by atoms with Gasteiger partial charge in [0.05, 0.1) is 12.6 Å². The average Bonchev–Trinajstić information content (AvgIpc) is 3.09. The third-order valence-corrected chi connectivity index (χ3v) is 8.16. The molecule has 11 heteroatoms. The number of nitrogens with one attached hydrogen (secondary N) is 2. The minimum Gasteiger partial charge on any atom is -0.344 e. The summed E-state index contributed by atoms with van der Waals surface area (Å²) in [5.74, 6) is -1.31. The number of Topliss-reactive ketones (excluding diaryl/α,β-unsaturated/α-hetero) is 1. The van der Waals surface area contributed by atoms with Gasteiger partial charge in [-0.1, -0.05) is 44.2 Å². The molecule has 1 aliphatic rings. The third kappa shape index (κ3) is 6.22. The zero-order valence-electron chi connectivity index (χ0n) is 21.3. The van der Waals surface area contributed by atoms with Gasteiger partial charge < -0.3 is 10.6 Å². The Balaban J connectivity index is 1.47. The number of aromatic nitrogens is 2. The Morgan fingerprint density at radius 2 is 1.82 bits per heavy atom. The summed E-state index contributed by atoms with van der Waals surface area (Å²) in [7, 11) is -3.94. The fourth-order valence-corrected chi connectivity index (χ4v) is 5.86. The summed E-state index contributed by atoms with van der Waals surface area (Å²) in [6.07, 6.45) is 3.94. The van der Waals surface area contributed by atoms with Gasteiger partial charge in [0.2, 0.25) is 5.91 Å². The van der Waals surface area contributed by atoms with Crippen LogP contribution in [0.1, 0.15) is 43.6 Å². The quantitative estimate of drug-likeness (QED) is 0.450. The number of fused-ring (bicyclic) bond motifs is 1. The Labute approximate surface area is 221 Å². The van der Waals surface area contributed by atoms with Gasteiger partial charge in [-0.3, -0.25) is 19.4 Å². The highest BCUT2D eigenvalue weighted by atomic mass is 32.2. The smallest absolute Gasteiger partial charge is 0.271 e. The van der Waals surface area contributed by atoms with Gasteiger partial charge in [0.25, 0.3) is 15.9 Å². The number of sulfonamides is 1. The maximum Gasteiger partial charge on any atom is 0.271 e. The Kier molecular flexibility index (Phi) is 8.48. The number of carbonyl (C=O) groups is 3. The highest BCUT2D eigenvalue weighted by molar-refractivity contribution is 7.89. The van der Waals surface area contributed by atoms with E-state index in [2.05, 4.69) is 20.6 Å². The van der Waals surface area contributed by atoms with Crippen molar-refractivity contribution >= 4 is 38.4 Å². The molecule has 0 spiro atoms. The molecule has 4 rings (SSSR count). The summed E-state index contributed by atoms with van der Waals surface area (Å²) in [5, 5.41) is 6.95. The standard InChI is InChI=1S/C27H31N5O5S/c1-18(2)16-22(31-27(35)25-20-9-4-3-8-19(20)12-14-29-25)26(34)30-21-10-7-15-32(17-23(21)33)38(36,37)24-11-5-6-13-28-24/h3-6,8-9,11-14,18,21-22H,7,10,15-17H2,1-2H3,(H,30,34)(H,31,35). The van der Waals surface area contributed by atoms with Crippen molar-refractivity contribution in [1.82, 2.24) is 24.9 Å². The molecule has 2 aromatic heterocycles. The molecule has 2 amide bonds. The molecule has 38 heavy (non-hydrogen) atoms. The Bertz CT molecular complexity index is 1420. The molecule has 0 bridgehead atoms. The number of nitrogens with zero attached hydrogens (tertiary/aromatic N) is 3. The zero-order valence-corrected chi connectivity index (χ0v) is 22.1. The Morgan fingerprint density at radius 1 is 1.05 bits per heavy atom. The van der Waals surface area contributed by atoms with Gasteiger partial charge in [0.1, 0.15) is 11.7 Å². The van der Waals surface area contributed by atoms with E-state index in [9.17, 15) is 22.8 Å². The SMILES string of the molecule is CC(C)CC(NC(=O)c1nccc2ccccc12)C(=O)NC1CCCN(S(=O)(=O)c2ccccn2)CC1=O. The van der Waals surface area contributed by atoms with Crippen LogP contribution in [0.5, 0.6) is 0 Å². The van der Waals surface area contributed by atoms with Crippen molar-refractivity contribution in [3.8, 4) is 0 Å². The molecular weight excluding hydrogens is 506 g/mol. The van der Waals surface area contributed by atoms with E-state index in [-0.39, 0.29) is 36.1 Å². The minimum atomic E-state index is -3.94. The van der Waals surface area contributed by atoms with Gasteiger partial charge in [-0.15, -0.1) is 0 Å². The number of hydrogen-bond acceptors (Lipinski definition) is 7. The van der Waals surface area contributed by atoms with Gasteiger partial charge in [0, 0.05) is 24.3 Å². The van der Waals surface area contributed by atoms with E-state index in [4.69, 9.17) is 0 Å². The van der Waals surface area contributed by atoms with Crippen molar-refractivity contribution in [2.75, 3.05) is 13.1 Å². The van der Waals surface area contributed by atoms with Gasteiger partial charge >= 0.3 is 0 Å². The first-order valence-corrected chi connectivity index (χ1v) is 14.0. The average molecular weight is 538 g/mol. The zero-order chi connectivity index (χ0) is 27.3. The molecule has 200 valence electrons. The number of hydrogen-bond donors (Lipinski definition) is 2. The van der Waals surface area contributed by atoms with E-state index in [1.54, 1.807) is 30.5 Å². The molecular formula is C27H31N5O5S. The second kappa shape index (κ2) is 11.8. The monoisotopic (exact) mass is 537 g/mol. The summed E-state index contributed by atoms with van der Waals surface area (Å²) in [6, 6.07) is 12.0. The fraction of sp³-hybridized carbons (Fsp3) is 0.370. The summed E-state index contributed by atoms with van der Waals surface area (Å²) >= 11 is 0. The first-order chi connectivity index (χ1) is 18.2. The predicted octanol–water partition coefficient (Wildman–Crippen LogP) is 2.31. The van der Waals surface area contributed by atoms with E-state index in [1.807, 2.05) is 32.0 Å². The van der Waals surface area contributed by atoms with E-state index in [1.165, 1.54) is 12.3 Å². The van der Waals surface area contributed by atoms with Gasteiger partial charge in [-0.25, -0.2) is 13.4 Å². The fourth-order valence-electron chi connectivity index (χ4n) is 4.49. The molecule has 2 N–H and O–H groups in total. The van der Waals surface area contributed by atoms with Crippen molar-refractivity contribution < 1.29 is 22.8 Å². The van der Waals surface area contributed by atoms with Crippen LogP contribution in [0.4, 0.5) is 0 Å². The number of benzene rings is 1. The van der Waals surface area contributed by atoms with E-state index >= 15 is 0 Å². The Morgan fingerprint density at radius 3 is 2.55 bits per heavy atom. The summed E-state index contributed by atoms with van der Waals surface area (Å²) < 4.78 is 27.0. The van der Waals surface area contributed by atoms with Crippen LogP contribution in [0.2, 0.25) is 0 Å². The molecule has 0 aliphatic carbocycles. The van der Waals surface area contributed by atoms with Crippen LogP contribution in [-0.4, -0.2) is 65.5 Å². The van der Waals surface area contributed by atoms with Gasteiger partial charge in [0.15, 0.2) is 10.8 Å². The number of pyridine rings is 2. The normalized spacial score (nSPS) is 17.7. The molecule has 10 nitrogen and oxygen atoms in total. The highest BCUT2D eigenvalue weighted by Gasteiger charge is 2.35. The molecule has 2 unspecified atom stereocenters. The first kappa shape index (κ1) is 27.3. The summed E-state index contributed by atoms with van der Waals surface area (Å²) in [4.78, 5) is 47.6. The number of amides is 2. The highest BCUT2D eigenvalue weighted by Crippen LogP contribution is 2.19. The first-order valence-electron chi connectivity index (χ1n) is 12.6. The summed E-state index contributed by atoms with van der Waals surface area (Å²) in [5.41, 5.74) is 0.213. The number of carbonyl (C=O) groups excluding carboxylic acids is 3. The van der Waals surface area contributed by atoms with Crippen LogP contribution in [0, 0.1) is 5.92 Å². The third-order valence-electron chi connectivity index (χ3n) is 6.40. The molecule has 2 atom stereocenters. The largest absolute Gasteiger partial charge is 0.344 e. The van der Waals surface area contributed by atoms with Crippen molar-refractivity contribution in [3.05, 3.63) is 66.6 Å². The van der Waals surface area contributed by atoms with Crippen LogP contribution in [0.3, 0.4) is 0 Å². The second-order valence-electron chi connectivity index (χ2n) is 9.71. The lowest BCUT2D eigenvalue weighted by Gasteiger charge is -2.23.